The molecule has 15 heavy (non-hydrogen) atoms. The highest BCUT2D eigenvalue weighted by molar-refractivity contribution is 5.87. The van der Waals surface area contributed by atoms with E-state index in [0.717, 1.165) is 0 Å². The maximum Gasteiger partial charge on any atom is -0.0152 e. The van der Waals surface area contributed by atoms with Crippen LogP contribution in [-0.4, -0.2) is 0 Å². The molecule has 0 saturated carbocycles. The Morgan fingerprint density at radius 3 is 2.33 bits per heavy atom. The van der Waals surface area contributed by atoms with Gasteiger partial charge in [0.15, 0.2) is 0 Å². The second-order valence-electron chi connectivity index (χ2n) is 4.61. The molecular weight excluding hydrogens is 180 g/mol. The van der Waals surface area contributed by atoms with E-state index < -0.39 is 0 Å². The normalized spacial score (nSPS) is 11.3. The zero-order valence-electron chi connectivity index (χ0n) is 9.96. The van der Waals surface area contributed by atoms with Gasteiger partial charge in [-0.2, -0.15) is 0 Å². The Balaban J connectivity index is 2.84. The van der Waals surface area contributed by atoms with Crippen molar-refractivity contribution in [1.82, 2.24) is 0 Å². The van der Waals surface area contributed by atoms with Crippen LogP contribution in [0.4, 0.5) is 0 Å². The predicted molar refractivity (Wildman–Crippen MR) is 67.5 cm³/mol. The quantitative estimate of drug-likeness (QED) is 0.629. The number of rotatable bonds is 1. The van der Waals surface area contributed by atoms with Crippen molar-refractivity contribution in [3.8, 4) is 0 Å². The summed E-state index contributed by atoms with van der Waals surface area (Å²) in [7, 11) is 0. The summed E-state index contributed by atoms with van der Waals surface area (Å²) in [6.07, 6.45) is 0. The lowest BCUT2D eigenvalue weighted by Gasteiger charge is -2.16. The summed E-state index contributed by atoms with van der Waals surface area (Å²) in [5.41, 5.74) is 4.37. The van der Waals surface area contributed by atoms with Crippen molar-refractivity contribution in [3.63, 3.8) is 0 Å². The molecule has 0 heteroatoms. The minimum absolute atomic E-state index is 0.606. The van der Waals surface area contributed by atoms with Crippen LogP contribution in [0.5, 0.6) is 0 Å². The molecule has 0 unspecified atom stereocenters. The van der Waals surface area contributed by atoms with E-state index in [4.69, 9.17) is 0 Å². The Hall–Kier alpha value is -1.30. The Morgan fingerprint density at radius 2 is 1.67 bits per heavy atom. The van der Waals surface area contributed by atoms with Crippen molar-refractivity contribution in [2.24, 2.45) is 0 Å². The highest BCUT2D eigenvalue weighted by Crippen LogP contribution is 2.29. The van der Waals surface area contributed by atoms with Gasteiger partial charge in [0.05, 0.1) is 0 Å². The largest absolute Gasteiger partial charge is 0.0616 e. The molecule has 0 atom stereocenters. The van der Waals surface area contributed by atoms with Crippen LogP contribution in [0.15, 0.2) is 30.3 Å². The molecule has 0 aliphatic rings. The molecule has 2 rings (SSSR count). The molecule has 0 fully saturated rings. The van der Waals surface area contributed by atoms with Gasteiger partial charge < -0.3 is 0 Å². The van der Waals surface area contributed by atoms with E-state index in [-0.39, 0.29) is 0 Å². The predicted octanol–water partition coefficient (Wildman–Crippen LogP) is 4.58. The van der Waals surface area contributed by atoms with E-state index in [9.17, 15) is 0 Å². The maximum absolute atomic E-state index is 2.30. The molecule has 0 aliphatic carbocycles. The molecule has 0 aliphatic heterocycles. The first-order valence-electron chi connectivity index (χ1n) is 5.60. The average molecular weight is 198 g/mol. The molecule has 0 aromatic heterocycles. The molecule has 2 aromatic rings. The molecule has 0 heterocycles. The third-order valence-electron chi connectivity index (χ3n) is 3.14. The Bertz CT molecular complexity index is 493. The summed E-state index contributed by atoms with van der Waals surface area (Å²) < 4.78 is 0. The summed E-state index contributed by atoms with van der Waals surface area (Å²) >= 11 is 0. The minimum atomic E-state index is 0.606. The van der Waals surface area contributed by atoms with E-state index in [1.807, 2.05) is 0 Å². The third-order valence-corrected chi connectivity index (χ3v) is 3.14. The fourth-order valence-electron chi connectivity index (χ4n) is 2.60. The number of hydrogen-bond donors (Lipinski definition) is 0. The standard InChI is InChI=1S/C15H18/c1-10(2)15-11(3)9-13-7-5-6-8-14(13)12(15)4/h5-10H,1-4H3. The molecule has 0 N–H and O–H groups in total. The summed E-state index contributed by atoms with van der Waals surface area (Å²) in [6, 6.07) is 10.9. The van der Waals surface area contributed by atoms with Crippen molar-refractivity contribution in [1.29, 1.82) is 0 Å². The number of hydrogen-bond acceptors (Lipinski definition) is 0. The first-order chi connectivity index (χ1) is 7.11. The van der Waals surface area contributed by atoms with Crippen molar-refractivity contribution in [2.75, 3.05) is 0 Å². The molecule has 0 amide bonds. The summed E-state index contributed by atoms with van der Waals surface area (Å²) in [6.45, 7) is 8.99. The SMILES string of the molecule is Cc1cc2ccccc2c(C)c1C(C)C. The Morgan fingerprint density at radius 1 is 1.00 bits per heavy atom. The monoisotopic (exact) mass is 198 g/mol. The fourth-order valence-corrected chi connectivity index (χ4v) is 2.60. The molecule has 0 nitrogen and oxygen atoms in total. The number of fused-ring (bicyclic) bond motifs is 1. The smallest absolute Gasteiger partial charge is 0.0152 e. The van der Waals surface area contributed by atoms with Gasteiger partial charge in [-0.05, 0) is 47.2 Å². The van der Waals surface area contributed by atoms with Crippen molar-refractivity contribution in [2.45, 2.75) is 33.6 Å². The molecule has 78 valence electrons. The van der Waals surface area contributed by atoms with E-state index in [0.29, 0.717) is 5.92 Å². The highest BCUT2D eigenvalue weighted by Gasteiger charge is 2.09. The van der Waals surface area contributed by atoms with Gasteiger partial charge in [-0.3, -0.25) is 0 Å². The van der Waals surface area contributed by atoms with Crippen LogP contribution in [0.25, 0.3) is 10.8 Å². The van der Waals surface area contributed by atoms with Gasteiger partial charge >= 0.3 is 0 Å². The van der Waals surface area contributed by atoms with Crippen LogP contribution in [0.1, 0.15) is 36.5 Å². The first kappa shape index (κ1) is 10.2. The Labute approximate surface area is 91.9 Å². The van der Waals surface area contributed by atoms with Crippen molar-refractivity contribution in [3.05, 3.63) is 47.0 Å². The van der Waals surface area contributed by atoms with Gasteiger partial charge in [0, 0.05) is 0 Å². The first-order valence-corrected chi connectivity index (χ1v) is 5.60. The summed E-state index contributed by atoms with van der Waals surface area (Å²) in [5.74, 6) is 0.606. The topological polar surface area (TPSA) is 0 Å². The van der Waals surface area contributed by atoms with Gasteiger partial charge in [-0.1, -0.05) is 44.2 Å². The summed E-state index contributed by atoms with van der Waals surface area (Å²) in [4.78, 5) is 0. The molecule has 0 radical (unpaired) electrons. The van der Waals surface area contributed by atoms with Gasteiger partial charge in [0.25, 0.3) is 0 Å². The van der Waals surface area contributed by atoms with Crippen molar-refractivity contribution >= 4 is 10.8 Å². The Kier molecular flexibility index (Phi) is 2.52. The minimum Gasteiger partial charge on any atom is -0.0616 e. The molecule has 0 spiro atoms. The van der Waals surface area contributed by atoms with E-state index in [1.54, 1.807) is 0 Å². The third kappa shape index (κ3) is 1.65. The molecule has 2 aromatic carbocycles. The summed E-state index contributed by atoms with van der Waals surface area (Å²) in [5, 5.41) is 2.75. The van der Waals surface area contributed by atoms with E-state index in [1.165, 1.54) is 27.5 Å². The highest BCUT2D eigenvalue weighted by atomic mass is 14.1. The zero-order valence-corrected chi connectivity index (χ0v) is 9.96. The van der Waals surface area contributed by atoms with Gasteiger partial charge in [0.2, 0.25) is 0 Å². The zero-order chi connectivity index (χ0) is 11.0. The maximum atomic E-state index is 2.30. The van der Waals surface area contributed by atoms with Crippen LogP contribution in [0.3, 0.4) is 0 Å². The van der Waals surface area contributed by atoms with E-state index >= 15 is 0 Å². The van der Waals surface area contributed by atoms with Crippen LogP contribution in [-0.2, 0) is 0 Å². The lowest BCUT2D eigenvalue weighted by Crippen LogP contribution is -1.97. The van der Waals surface area contributed by atoms with Gasteiger partial charge in [0.1, 0.15) is 0 Å². The second-order valence-corrected chi connectivity index (χ2v) is 4.61. The lowest BCUT2D eigenvalue weighted by molar-refractivity contribution is 0.849. The average Bonchev–Trinajstić information content (AvgIpc) is 2.17. The van der Waals surface area contributed by atoms with Crippen LogP contribution >= 0.6 is 0 Å². The molecular formula is C15H18. The molecule has 0 saturated heterocycles. The molecule has 0 bridgehead atoms. The van der Waals surface area contributed by atoms with E-state index in [2.05, 4.69) is 58.0 Å². The van der Waals surface area contributed by atoms with Gasteiger partial charge in [-0.15, -0.1) is 0 Å². The van der Waals surface area contributed by atoms with Crippen molar-refractivity contribution < 1.29 is 0 Å². The fraction of sp³-hybridized carbons (Fsp3) is 0.333. The van der Waals surface area contributed by atoms with Gasteiger partial charge in [-0.25, -0.2) is 0 Å². The number of aryl methyl sites for hydroxylation is 2. The number of benzene rings is 2. The van der Waals surface area contributed by atoms with Crippen LogP contribution < -0.4 is 0 Å². The van der Waals surface area contributed by atoms with Crippen LogP contribution in [0, 0.1) is 13.8 Å². The second kappa shape index (κ2) is 3.69. The van der Waals surface area contributed by atoms with Crippen LogP contribution in [0.2, 0.25) is 0 Å². The lowest BCUT2D eigenvalue weighted by atomic mass is 9.89.